The van der Waals surface area contributed by atoms with E-state index in [-0.39, 0.29) is 17.4 Å². The summed E-state index contributed by atoms with van der Waals surface area (Å²) in [7, 11) is 1.87. The highest BCUT2D eigenvalue weighted by molar-refractivity contribution is 6.30. The molecule has 1 atom stereocenters. The van der Waals surface area contributed by atoms with E-state index < -0.39 is 0 Å². The van der Waals surface area contributed by atoms with E-state index in [1.165, 1.54) is 6.42 Å². The summed E-state index contributed by atoms with van der Waals surface area (Å²) in [4.78, 5) is 14.3. The Morgan fingerprint density at radius 3 is 2.45 bits per heavy atom. The second-order valence-electron chi connectivity index (χ2n) is 5.97. The van der Waals surface area contributed by atoms with E-state index in [1.54, 1.807) is 0 Å². The zero-order chi connectivity index (χ0) is 14.8. The number of hydrogen-bond donors (Lipinski definition) is 1. The molecule has 0 bridgehead atoms. The number of benzene rings is 1. The molecule has 110 valence electrons. The molecule has 1 saturated carbocycles. The molecular formula is C16H23ClN2O. The van der Waals surface area contributed by atoms with Crippen molar-refractivity contribution in [2.75, 3.05) is 13.6 Å². The summed E-state index contributed by atoms with van der Waals surface area (Å²) in [5.74, 6) is 0.178. The molecule has 1 aromatic carbocycles. The molecule has 1 amide bonds. The lowest BCUT2D eigenvalue weighted by Gasteiger charge is -2.41. The van der Waals surface area contributed by atoms with Gasteiger partial charge in [0.15, 0.2) is 0 Å². The first kappa shape index (κ1) is 15.3. The smallest absolute Gasteiger partial charge is 0.223 e. The molecule has 0 spiro atoms. The van der Waals surface area contributed by atoms with Gasteiger partial charge in [0, 0.05) is 18.5 Å². The molecule has 0 aliphatic heterocycles. The number of amides is 1. The monoisotopic (exact) mass is 294 g/mol. The molecule has 2 N–H and O–H groups in total. The molecule has 2 rings (SSSR count). The highest BCUT2D eigenvalue weighted by Crippen LogP contribution is 2.43. The molecule has 1 aromatic rings. The minimum absolute atomic E-state index is 0.0506. The fraction of sp³-hybridized carbons (Fsp3) is 0.562. The standard InChI is InChI=1S/C16H23ClN2O/c1-12(13-4-6-14(17)7-5-13)19(2)15(20)10-16(11-18)8-3-9-16/h4-7,12H,3,8-11,18H2,1-2H3. The molecule has 20 heavy (non-hydrogen) atoms. The van der Waals surface area contributed by atoms with Crippen LogP contribution in [0.2, 0.25) is 5.02 Å². The Kier molecular flexibility index (Phi) is 4.71. The third-order valence-corrected chi connectivity index (χ3v) is 4.95. The van der Waals surface area contributed by atoms with Crippen molar-refractivity contribution in [3.05, 3.63) is 34.9 Å². The van der Waals surface area contributed by atoms with E-state index in [0.717, 1.165) is 18.4 Å². The Balaban J connectivity index is 2.00. The van der Waals surface area contributed by atoms with Crippen molar-refractivity contribution < 1.29 is 4.79 Å². The lowest BCUT2D eigenvalue weighted by Crippen LogP contribution is -2.42. The van der Waals surface area contributed by atoms with Gasteiger partial charge >= 0.3 is 0 Å². The molecule has 0 saturated heterocycles. The Bertz CT molecular complexity index is 462. The van der Waals surface area contributed by atoms with Gasteiger partial charge in [0.25, 0.3) is 0 Å². The molecule has 0 aromatic heterocycles. The Morgan fingerprint density at radius 2 is 2.00 bits per heavy atom. The molecule has 1 fully saturated rings. The average molecular weight is 295 g/mol. The maximum atomic E-state index is 12.4. The van der Waals surface area contributed by atoms with Gasteiger partial charge in [-0.15, -0.1) is 0 Å². The van der Waals surface area contributed by atoms with Crippen LogP contribution in [0.15, 0.2) is 24.3 Å². The second-order valence-corrected chi connectivity index (χ2v) is 6.40. The van der Waals surface area contributed by atoms with Crippen LogP contribution in [-0.4, -0.2) is 24.4 Å². The third kappa shape index (κ3) is 3.15. The van der Waals surface area contributed by atoms with Gasteiger partial charge in [-0.3, -0.25) is 4.79 Å². The van der Waals surface area contributed by atoms with Crippen molar-refractivity contribution in [2.45, 2.75) is 38.6 Å². The largest absolute Gasteiger partial charge is 0.339 e. The molecule has 1 unspecified atom stereocenters. The first-order chi connectivity index (χ1) is 9.47. The van der Waals surface area contributed by atoms with Gasteiger partial charge in [-0.05, 0) is 49.4 Å². The Labute approximate surface area is 126 Å². The fourth-order valence-electron chi connectivity index (χ4n) is 2.76. The number of halogens is 1. The first-order valence-corrected chi connectivity index (χ1v) is 7.56. The highest BCUT2D eigenvalue weighted by Gasteiger charge is 2.38. The van der Waals surface area contributed by atoms with Gasteiger partial charge in [0.2, 0.25) is 5.91 Å². The van der Waals surface area contributed by atoms with Crippen molar-refractivity contribution in [2.24, 2.45) is 11.1 Å². The van der Waals surface area contributed by atoms with Crippen LogP contribution in [0.5, 0.6) is 0 Å². The topological polar surface area (TPSA) is 46.3 Å². The zero-order valence-electron chi connectivity index (χ0n) is 12.2. The summed E-state index contributed by atoms with van der Waals surface area (Å²) in [5.41, 5.74) is 6.99. The van der Waals surface area contributed by atoms with Crippen LogP contribution in [0.4, 0.5) is 0 Å². The lowest BCUT2D eigenvalue weighted by molar-refractivity contribution is -0.135. The number of nitrogens with zero attached hydrogens (tertiary/aromatic N) is 1. The van der Waals surface area contributed by atoms with Gasteiger partial charge in [-0.25, -0.2) is 0 Å². The van der Waals surface area contributed by atoms with Crippen LogP contribution in [-0.2, 0) is 4.79 Å². The van der Waals surface area contributed by atoms with Gasteiger partial charge in [0.1, 0.15) is 0 Å². The van der Waals surface area contributed by atoms with Crippen molar-refractivity contribution >= 4 is 17.5 Å². The molecule has 0 radical (unpaired) electrons. The van der Waals surface area contributed by atoms with E-state index in [2.05, 4.69) is 0 Å². The van der Waals surface area contributed by atoms with Crippen LogP contribution in [0.1, 0.15) is 44.2 Å². The minimum Gasteiger partial charge on any atom is -0.339 e. The number of rotatable bonds is 5. The molecule has 0 heterocycles. The SMILES string of the molecule is CC(c1ccc(Cl)cc1)N(C)C(=O)CC1(CN)CCC1. The number of carbonyl (C=O) groups is 1. The number of nitrogens with two attached hydrogens (primary N) is 1. The summed E-state index contributed by atoms with van der Waals surface area (Å²) in [6, 6.07) is 7.71. The second kappa shape index (κ2) is 6.15. The predicted molar refractivity (Wildman–Crippen MR) is 82.6 cm³/mol. The maximum absolute atomic E-state index is 12.4. The van der Waals surface area contributed by atoms with Gasteiger partial charge in [-0.2, -0.15) is 0 Å². The quantitative estimate of drug-likeness (QED) is 0.905. The molecule has 3 nitrogen and oxygen atoms in total. The zero-order valence-corrected chi connectivity index (χ0v) is 13.0. The molecule has 1 aliphatic carbocycles. The molecule has 1 aliphatic rings. The van der Waals surface area contributed by atoms with Crippen molar-refractivity contribution in [1.82, 2.24) is 4.90 Å². The summed E-state index contributed by atoms with van der Waals surface area (Å²) >= 11 is 5.90. The normalized spacial score (nSPS) is 18.2. The van der Waals surface area contributed by atoms with Crippen LogP contribution >= 0.6 is 11.6 Å². The molecule has 4 heteroatoms. The summed E-state index contributed by atoms with van der Waals surface area (Å²) < 4.78 is 0. The Hall–Kier alpha value is -1.06. The summed E-state index contributed by atoms with van der Waals surface area (Å²) in [6.07, 6.45) is 3.93. The Morgan fingerprint density at radius 1 is 1.40 bits per heavy atom. The van der Waals surface area contributed by atoms with Crippen molar-refractivity contribution in [3.8, 4) is 0 Å². The van der Waals surface area contributed by atoms with Crippen LogP contribution in [0.25, 0.3) is 0 Å². The van der Waals surface area contributed by atoms with Crippen LogP contribution in [0.3, 0.4) is 0 Å². The van der Waals surface area contributed by atoms with Crippen LogP contribution in [0, 0.1) is 5.41 Å². The van der Waals surface area contributed by atoms with E-state index in [1.807, 2.05) is 43.1 Å². The maximum Gasteiger partial charge on any atom is 0.223 e. The summed E-state index contributed by atoms with van der Waals surface area (Å²) in [5, 5.41) is 0.714. The van der Waals surface area contributed by atoms with Gasteiger partial charge in [-0.1, -0.05) is 30.2 Å². The van der Waals surface area contributed by atoms with E-state index in [0.29, 0.717) is 18.0 Å². The number of carbonyl (C=O) groups excluding carboxylic acids is 1. The van der Waals surface area contributed by atoms with Crippen LogP contribution < -0.4 is 5.73 Å². The van der Waals surface area contributed by atoms with E-state index in [9.17, 15) is 4.79 Å². The van der Waals surface area contributed by atoms with E-state index in [4.69, 9.17) is 17.3 Å². The fourth-order valence-corrected chi connectivity index (χ4v) is 2.88. The third-order valence-electron chi connectivity index (χ3n) is 4.70. The minimum atomic E-state index is 0.0506. The molecular weight excluding hydrogens is 272 g/mol. The lowest BCUT2D eigenvalue weighted by atomic mass is 9.66. The average Bonchev–Trinajstić information content (AvgIpc) is 2.42. The summed E-state index contributed by atoms with van der Waals surface area (Å²) in [6.45, 7) is 2.65. The van der Waals surface area contributed by atoms with Crippen molar-refractivity contribution in [3.63, 3.8) is 0 Å². The van der Waals surface area contributed by atoms with Crippen molar-refractivity contribution in [1.29, 1.82) is 0 Å². The van der Waals surface area contributed by atoms with Gasteiger partial charge < -0.3 is 10.6 Å². The highest BCUT2D eigenvalue weighted by atomic mass is 35.5. The van der Waals surface area contributed by atoms with Gasteiger partial charge in [0.05, 0.1) is 6.04 Å². The number of hydrogen-bond acceptors (Lipinski definition) is 2. The first-order valence-electron chi connectivity index (χ1n) is 7.19. The predicted octanol–water partition coefficient (Wildman–Crippen LogP) is 3.38. The van der Waals surface area contributed by atoms with E-state index >= 15 is 0 Å².